The summed E-state index contributed by atoms with van der Waals surface area (Å²) in [4.78, 5) is 42.6. The van der Waals surface area contributed by atoms with Crippen LogP contribution >= 0.6 is 0 Å². The van der Waals surface area contributed by atoms with Crippen molar-refractivity contribution in [2.45, 2.75) is 32.2 Å². The number of likely N-dealkylation sites (tertiary alicyclic amines) is 1. The number of pyridine rings is 1. The lowest BCUT2D eigenvalue weighted by molar-refractivity contribution is 0.0301. The summed E-state index contributed by atoms with van der Waals surface area (Å²) >= 11 is 0. The Balaban J connectivity index is 1.57. The van der Waals surface area contributed by atoms with E-state index in [9.17, 15) is 9.59 Å². The Bertz CT molecular complexity index is 883. The monoisotopic (exact) mass is 395 g/mol. The normalized spacial score (nSPS) is 19.8. The highest BCUT2D eigenvalue weighted by molar-refractivity contribution is 5.95. The van der Waals surface area contributed by atoms with Gasteiger partial charge in [-0.25, -0.2) is 9.97 Å². The van der Waals surface area contributed by atoms with Gasteiger partial charge >= 0.3 is 0 Å². The van der Waals surface area contributed by atoms with Crippen LogP contribution in [0.2, 0.25) is 0 Å². The van der Waals surface area contributed by atoms with Crippen LogP contribution in [0.25, 0.3) is 0 Å². The maximum atomic E-state index is 13.0. The Labute approximate surface area is 169 Å². The number of carbonyl (C=O) groups is 2. The molecule has 0 spiro atoms. The fourth-order valence-electron chi connectivity index (χ4n) is 3.89. The molecule has 0 bridgehead atoms. The number of aromatic nitrogens is 3. The Hall–Kier alpha value is -2.87. The van der Waals surface area contributed by atoms with E-state index in [0.29, 0.717) is 55.5 Å². The lowest BCUT2D eigenvalue weighted by Gasteiger charge is -2.35. The molecular weight excluding hydrogens is 370 g/mol. The molecule has 8 nitrogen and oxygen atoms in total. The number of carbonyl (C=O) groups excluding carboxylic acids is 2. The quantitative estimate of drug-likeness (QED) is 0.790. The molecule has 0 unspecified atom stereocenters. The SMILES string of the molecule is Cc1nc([C@@H]2CCCCN2C(=O)c2cccnc2)ncc1C(=O)N1CCOCC1. The van der Waals surface area contributed by atoms with E-state index in [0.717, 1.165) is 19.3 Å². The minimum atomic E-state index is -0.192. The van der Waals surface area contributed by atoms with Crippen molar-refractivity contribution >= 4 is 11.8 Å². The fraction of sp³-hybridized carbons (Fsp3) is 0.476. The molecule has 0 aromatic carbocycles. The van der Waals surface area contributed by atoms with Crippen LogP contribution in [0.5, 0.6) is 0 Å². The topological polar surface area (TPSA) is 88.5 Å². The van der Waals surface area contributed by atoms with E-state index >= 15 is 0 Å². The van der Waals surface area contributed by atoms with Gasteiger partial charge in [0, 0.05) is 38.2 Å². The Morgan fingerprint density at radius 2 is 1.93 bits per heavy atom. The standard InChI is InChI=1S/C21H25N5O3/c1-15-17(21(28)25-9-11-29-12-10-25)14-23-19(24-15)18-6-2-3-8-26(18)20(27)16-5-4-7-22-13-16/h4-5,7,13-14,18H,2-3,6,8-12H2,1H3/t18-/m0/s1. The summed E-state index contributed by atoms with van der Waals surface area (Å²) in [5.74, 6) is 0.472. The number of piperidine rings is 1. The summed E-state index contributed by atoms with van der Waals surface area (Å²) in [6.07, 6.45) is 7.62. The first-order chi connectivity index (χ1) is 14.1. The molecule has 2 saturated heterocycles. The highest BCUT2D eigenvalue weighted by atomic mass is 16.5. The number of amides is 2. The van der Waals surface area contributed by atoms with Crippen LogP contribution < -0.4 is 0 Å². The predicted octanol–water partition coefficient (Wildman–Crippen LogP) is 2.02. The molecule has 152 valence electrons. The largest absolute Gasteiger partial charge is 0.378 e. The first kappa shape index (κ1) is 19.4. The van der Waals surface area contributed by atoms with Gasteiger partial charge in [-0.2, -0.15) is 0 Å². The highest BCUT2D eigenvalue weighted by Crippen LogP contribution is 2.30. The van der Waals surface area contributed by atoms with Gasteiger partial charge in [-0.15, -0.1) is 0 Å². The van der Waals surface area contributed by atoms with E-state index in [4.69, 9.17) is 4.74 Å². The average Bonchev–Trinajstić information content (AvgIpc) is 2.79. The van der Waals surface area contributed by atoms with Crippen LogP contribution in [0, 0.1) is 6.92 Å². The van der Waals surface area contributed by atoms with E-state index in [1.807, 2.05) is 11.8 Å². The van der Waals surface area contributed by atoms with Crippen LogP contribution in [-0.4, -0.2) is 69.4 Å². The van der Waals surface area contributed by atoms with Gasteiger partial charge in [0.2, 0.25) is 0 Å². The Kier molecular flexibility index (Phi) is 5.80. The van der Waals surface area contributed by atoms with Gasteiger partial charge in [0.1, 0.15) is 0 Å². The van der Waals surface area contributed by atoms with E-state index in [1.54, 1.807) is 35.6 Å². The molecule has 4 heterocycles. The molecule has 29 heavy (non-hydrogen) atoms. The molecule has 2 aromatic heterocycles. The molecule has 2 aliphatic heterocycles. The van der Waals surface area contributed by atoms with Gasteiger partial charge in [0.15, 0.2) is 5.82 Å². The lowest BCUT2D eigenvalue weighted by atomic mass is 10.00. The van der Waals surface area contributed by atoms with Crippen molar-refractivity contribution in [3.8, 4) is 0 Å². The van der Waals surface area contributed by atoms with Gasteiger partial charge in [0.05, 0.1) is 36.1 Å². The van der Waals surface area contributed by atoms with Crippen LogP contribution in [0.3, 0.4) is 0 Å². The number of aryl methyl sites for hydroxylation is 1. The number of hydrogen-bond acceptors (Lipinski definition) is 6. The van der Waals surface area contributed by atoms with Crippen LogP contribution in [0.4, 0.5) is 0 Å². The summed E-state index contributed by atoms with van der Waals surface area (Å²) in [6.45, 7) is 4.75. The molecule has 2 aromatic rings. The minimum absolute atomic E-state index is 0.0578. The van der Waals surface area contributed by atoms with E-state index in [-0.39, 0.29) is 17.9 Å². The fourth-order valence-corrected chi connectivity index (χ4v) is 3.89. The number of hydrogen-bond donors (Lipinski definition) is 0. The second-order valence-corrected chi connectivity index (χ2v) is 7.38. The zero-order valence-electron chi connectivity index (χ0n) is 16.6. The van der Waals surface area contributed by atoms with Crippen molar-refractivity contribution in [2.75, 3.05) is 32.8 Å². The van der Waals surface area contributed by atoms with E-state index in [1.165, 1.54) is 0 Å². The number of morpholine rings is 1. The third-order valence-corrected chi connectivity index (χ3v) is 5.50. The maximum absolute atomic E-state index is 13.0. The molecule has 2 aliphatic rings. The highest BCUT2D eigenvalue weighted by Gasteiger charge is 2.31. The van der Waals surface area contributed by atoms with E-state index in [2.05, 4.69) is 15.0 Å². The van der Waals surface area contributed by atoms with E-state index < -0.39 is 0 Å². The second kappa shape index (κ2) is 8.65. The molecule has 0 radical (unpaired) electrons. The van der Waals surface area contributed by atoms with Crippen molar-refractivity contribution < 1.29 is 14.3 Å². The molecule has 2 amide bonds. The summed E-state index contributed by atoms with van der Waals surface area (Å²) < 4.78 is 5.32. The zero-order valence-corrected chi connectivity index (χ0v) is 16.6. The Morgan fingerprint density at radius 3 is 2.66 bits per heavy atom. The van der Waals surface area contributed by atoms with Gasteiger partial charge in [0.25, 0.3) is 11.8 Å². The number of nitrogens with zero attached hydrogens (tertiary/aromatic N) is 5. The first-order valence-corrected chi connectivity index (χ1v) is 10.1. The van der Waals surface area contributed by atoms with Gasteiger partial charge < -0.3 is 14.5 Å². The van der Waals surface area contributed by atoms with Crippen molar-refractivity contribution in [2.24, 2.45) is 0 Å². The average molecular weight is 395 g/mol. The minimum Gasteiger partial charge on any atom is -0.378 e. The lowest BCUT2D eigenvalue weighted by Crippen LogP contribution is -2.41. The van der Waals surface area contributed by atoms with Crippen LogP contribution in [0.15, 0.2) is 30.7 Å². The predicted molar refractivity (Wildman–Crippen MR) is 105 cm³/mol. The van der Waals surface area contributed by atoms with Gasteiger partial charge in [-0.1, -0.05) is 0 Å². The first-order valence-electron chi connectivity index (χ1n) is 10.1. The number of rotatable bonds is 3. The maximum Gasteiger partial charge on any atom is 0.257 e. The molecule has 2 fully saturated rings. The summed E-state index contributed by atoms with van der Waals surface area (Å²) in [7, 11) is 0. The smallest absolute Gasteiger partial charge is 0.257 e. The number of ether oxygens (including phenoxy) is 1. The summed E-state index contributed by atoms with van der Waals surface area (Å²) in [5, 5.41) is 0. The second-order valence-electron chi connectivity index (χ2n) is 7.38. The van der Waals surface area contributed by atoms with Gasteiger partial charge in [-0.3, -0.25) is 14.6 Å². The molecule has 4 rings (SSSR count). The third kappa shape index (κ3) is 4.12. The van der Waals surface area contributed by atoms with Crippen molar-refractivity contribution in [3.63, 3.8) is 0 Å². The van der Waals surface area contributed by atoms with Crippen LogP contribution in [-0.2, 0) is 4.74 Å². The van der Waals surface area contributed by atoms with Gasteiger partial charge in [-0.05, 0) is 38.3 Å². The molecule has 8 heteroatoms. The molecule has 0 saturated carbocycles. The van der Waals surface area contributed by atoms with Crippen molar-refractivity contribution in [1.29, 1.82) is 0 Å². The van der Waals surface area contributed by atoms with Crippen LogP contribution in [0.1, 0.15) is 57.5 Å². The Morgan fingerprint density at radius 1 is 1.10 bits per heavy atom. The third-order valence-electron chi connectivity index (χ3n) is 5.50. The summed E-state index contributed by atoms with van der Waals surface area (Å²) in [5.41, 5.74) is 1.72. The summed E-state index contributed by atoms with van der Waals surface area (Å²) in [6, 6.07) is 3.35. The van der Waals surface area contributed by atoms with Crippen molar-refractivity contribution in [3.05, 3.63) is 53.4 Å². The van der Waals surface area contributed by atoms with Crippen molar-refractivity contribution in [1.82, 2.24) is 24.8 Å². The zero-order chi connectivity index (χ0) is 20.2. The molecule has 0 aliphatic carbocycles. The molecule has 1 atom stereocenters. The molecule has 0 N–H and O–H groups in total. The molecular formula is C21H25N5O3.